The molecule has 1 N–H and O–H groups in total. The molecule has 3 aromatic carbocycles. The number of anilines is 2. The molecule has 0 unspecified atom stereocenters. The second-order valence-corrected chi connectivity index (χ2v) is 8.88. The molecule has 0 heterocycles. The van der Waals surface area contributed by atoms with Crippen LogP contribution in [0.3, 0.4) is 0 Å². The number of halogens is 4. The smallest absolute Gasteiger partial charge is 0.416 e. The van der Waals surface area contributed by atoms with Crippen LogP contribution in [0.1, 0.15) is 12.5 Å². The molecular weight excluding hydrogens is 476 g/mol. The first-order valence-electron chi connectivity index (χ1n) is 9.99. The number of rotatable bonds is 8. The Labute approximate surface area is 193 Å². The van der Waals surface area contributed by atoms with E-state index in [2.05, 4.69) is 5.32 Å². The zero-order valence-corrected chi connectivity index (χ0v) is 18.7. The third-order valence-corrected chi connectivity index (χ3v) is 6.41. The number of sulfonamides is 1. The van der Waals surface area contributed by atoms with Gasteiger partial charge in [-0.3, -0.25) is 9.10 Å². The topological polar surface area (TPSA) is 75.7 Å². The molecule has 6 nitrogen and oxygen atoms in total. The van der Waals surface area contributed by atoms with Crippen molar-refractivity contribution >= 4 is 27.3 Å². The lowest BCUT2D eigenvalue weighted by atomic mass is 10.2. The predicted molar refractivity (Wildman–Crippen MR) is 119 cm³/mol. The second-order valence-electron chi connectivity index (χ2n) is 7.02. The summed E-state index contributed by atoms with van der Waals surface area (Å²) in [5.41, 5.74) is -0.815. The standard InChI is InChI=1S/C23H20F4N2O4S/c1-2-33-20-11-13-21(14-12-20)34(31,32)29(19-9-5-17(24)6-10-19)15-22(30)28-18-7-3-16(4-8-18)23(25,26)27/h3-14H,2,15H2,1H3,(H,28,30). The molecule has 0 saturated carbocycles. The number of alkyl halides is 3. The number of benzene rings is 3. The lowest BCUT2D eigenvalue weighted by molar-refractivity contribution is -0.137. The Morgan fingerprint density at radius 1 is 0.941 bits per heavy atom. The first kappa shape index (κ1) is 25.0. The molecule has 180 valence electrons. The first-order chi connectivity index (χ1) is 16.0. The van der Waals surface area contributed by atoms with Gasteiger partial charge in [0, 0.05) is 5.69 Å². The van der Waals surface area contributed by atoms with Gasteiger partial charge in [-0.2, -0.15) is 13.2 Å². The number of ether oxygens (including phenoxy) is 1. The van der Waals surface area contributed by atoms with Crippen molar-refractivity contribution in [1.29, 1.82) is 0 Å². The van der Waals surface area contributed by atoms with Gasteiger partial charge in [-0.1, -0.05) is 0 Å². The average Bonchev–Trinajstić information content (AvgIpc) is 2.78. The van der Waals surface area contributed by atoms with Gasteiger partial charge in [-0.15, -0.1) is 0 Å². The van der Waals surface area contributed by atoms with Gasteiger partial charge in [0.1, 0.15) is 18.1 Å². The van der Waals surface area contributed by atoms with E-state index in [4.69, 9.17) is 4.74 Å². The minimum atomic E-state index is -4.53. The van der Waals surface area contributed by atoms with Gasteiger partial charge in [0.05, 0.1) is 22.8 Å². The van der Waals surface area contributed by atoms with E-state index in [0.717, 1.165) is 40.7 Å². The molecule has 11 heteroatoms. The van der Waals surface area contributed by atoms with Crippen LogP contribution in [0.25, 0.3) is 0 Å². The number of amides is 1. The number of hydrogen-bond donors (Lipinski definition) is 1. The van der Waals surface area contributed by atoms with E-state index in [0.29, 0.717) is 12.4 Å². The van der Waals surface area contributed by atoms with Crippen LogP contribution < -0.4 is 14.4 Å². The zero-order chi connectivity index (χ0) is 24.9. The highest BCUT2D eigenvalue weighted by molar-refractivity contribution is 7.92. The Morgan fingerprint density at radius 2 is 1.53 bits per heavy atom. The van der Waals surface area contributed by atoms with Crippen LogP contribution in [0.2, 0.25) is 0 Å². The maximum Gasteiger partial charge on any atom is 0.416 e. The van der Waals surface area contributed by atoms with Gasteiger partial charge < -0.3 is 10.1 Å². The van der Waals surface area contributed by atoms with E-state index in [1.54, 1.807) is 6.92 Å². The number of nitrogens with one attached hydrogen (secondary N) is 1. The van der Waals surface area contributed by atoms with E-state index < -0.39 is 40.0 Å². The fourth-order valence-corrected chi connectivity index (χ4v) is 4.42. The number of hydrogen-bond acceptors (Lipinski definition) is 4. The molecule has 0 aliphatic rings. The van der Waals surface area contributed by atoms with Crippen molar-refractivity contribution in [3.05, 3.63) is 84.2 Å². The summed E-state index contributed by atoms with van der Waals surface area (Å²) >= 11 is 0. The summed E-state index contributed by atoms with van der Waals surface area (Å²) in [6.07, 6.45) is -4.53. The Balaban J connectivity index is 1.87. The summed E-state index contributed by atoms with van der Waals surface area (Å²) < 4.78 is 84.3. The van der Waals surface area contributed by atoms with E-state index in [1.165, 1.54) is 36.4 Å². The number of carbonyl (C=O) groups excluding carboxylic acids is 1. The molecule has 0 radical (unpaired) electrons. The van der Waals surface area contributed by atoms with Gasteiger partial charge in [-0.05, 0) is 79.7 Å². The molecular formula is C23H20F4N2O4S. The van der Waals surface area contributed by atoms with Crippen LogP contribution in [0.15, 0.2) is 77.7 Å². The van der Waals surface area contributed by atoms with E-state index in [-0.39, 0.29) is 16.3 Å². The quantitative estimate of drug-likeness (QED) is 0.442. The fourth-order valence-electron chi connectivity index (χ4n) is 3.00. The molecule has 0 aliphatic carbocycles. The van der Waals surface area contributed by atoms with E-state index >= 15 is 0 Å². The van der Waals surface area contributed by atoms with Crippen LogP contribution >= 0.6 is 0 Å². The third kappa shape index (κ3) is 6.04. The van der Waals surface area contributed by atoms with Crippen LogP contribution in [-0.2, 0) is 21.0 Å². The molecule has 0 spiro atoms. The largest absolute Gasteiger partial charge is 0.494 e. The van der Waals surface area contributed by atoms with Crippen LogP contribution in [0.5, 0.6) is 5.75 Å². The monoisotopic (exact) mass is 496 g/mol. The lowest BCUT2D eigenvalue weighted by Crippen LogP contribution is -2.38. The van der Waals surface area contributed by atoms with Gasteiger partial charge in [-0.25, -0.2) is 12.8 Å². The Kier molecular flexibility index (Phi) is 7.45. The highest BCUT2D eigenvalue weighted by Gasteiger charge is 2.30. The van der Waals surface area contributed by atoms with Crippen molar-refractivity contribution in [1.82, 2.24) is 0 Å². The predicted octanol–water partition coefficient (Wildman–Crippen LogP) is 5.08. The van der Waals surface area contributed by atoms with Crippen LogP contribution in [0.4, 0.5) is 28.9 Å². The second kappa shape index (κ2) is 10.1. The van der Waals surface area contributed by atoms with Gasteiger partial charge >= 0.3 is 6.18 Å². The molecule has 0 saturated heterocycles. The zero-order valence-electron chi connectivity index (χ0n) is 17.8. The molecule has 0 fully saturated rings. The molecule has 3 aromatic rings. The Hall–Kier alpha value is -3.60. The van der Waals surface area contributed by atoms with Crippen LogP contribution in [-0.4, -0.2) is 27.5 Å². The molecule has 1 amide bonds. The van der Waals surface area contributed by atoms with Gasteiger partial charge in [0.25, 0.3) is 10.0 Å². The molecule has 0 atom stereocenters. The summed E-state index contributed by atoms with van der Waals surface area (Å²) in [5, 5.41) is 2.38. The Morgan fingerprint density at radius 3 is 2.06 bits per heavy atom. The highest BCUT2D eigenvalue weighted by atomic mass is 32.2. The van der Waals surface area contributed by atoms with Crippen molar-refractivity contribution in [3.8, 4) is 5.75 Å². The van der Waals surface area contributed by atoms with Crippen molar-refractivity contribution in [3.63, 3.8) is 0 Å². The SMILES string of the molecule is CCOc1ccc(S(=O)(=O)N(CC(=O)Nc2ccc(C(F)(F)F)cc2)c2ccc(F)cc2)cc1. The van der Waals surface area contributed by atoms with E-state index in [1.807, 2.05) is 0 Å². The molecule has 34 heavy (non-hydrogen) atoms. The summed E-state index contributed by atoms with van der Waals surface area (Å²) in [5.74, 6) is -0.954. The summed E-state index contributed by atoms with van der Waals surface area (Å²) in [6.45, 7) is 1.45. The maximum atomic E-state index is 13.4. The lowest BCUT2D eigenvalue weighted by Gasteiger charge is -2.24. The number of carbonyl (C=O) groups is 1. The van der Waals surface area contributed by atoms with Crippen molar-refractivity contribution in [2.75, 3.05) is 22.8 Å². The first-order valence-corrected chi connectivity index (χ1v) is 11.4. The molecule has 3 rings (SSSR count). The van der Waals surface area contributed by atoms with Crippen LogP contribution in [0, 0.1) is 5.82 Å². The summed E-state index contributed by atoms with van der Waals surface area (Å²) in [7, 11) is -4.27. The fraction of sp³-hybridized carbons (Fsp3) is 0.174. The maximum absolute atomic E-state index is 13.4. The average molecular weight is 496 g/mol. The van der Waals surface area contributed by atoms with Gasteiger partial charge in [0.15, 0.2) is 0 Å². The van der Waals surface area contributed by atoms with Crippen molar-refractivity contribution in [2.24, 2.45) is 0 Å². The molecule has 0 aromatic heterocycles. The normalized spacial score (nSPS) is 11.7. The van der Waals surface area contributed by atoms with Crippen molar-refractivity contribution < 1.29 is 35.5 Å². The van der Waals surface area contributed by atoms with Gasteiger partial charge in [0.2, 0.25) is 5.91 Å². The number of nitrogens with zero attached hydrogens (tertiary/aromatic N) is 1. The highest BCUT2D eigenvalue weighted by Crippen LogP contribution is 2.30. The Bertz CT molecular complexity index is 1230. The van der Waals surface area contributed by atoms with Crippen molar-refractivity contribution in [2.45, 2.75) is 18.0 Å². The summed E-state index contributed by atoms with van der Waals surface area (Å²) in [6, 6.07) is 13.7. The minimum absolute atomic E-state index is 0.0258. The molecule has 0 bridgehead atoms. The van der Waals surface area contributed by atoms with E-state index in [9.17, 15) is 30.8 Å². The molecule has 0 aliphatic heterocycles. The minimum Gasteiger partial charge on any atom is -0.494 e. The summed E-state index contributed by atoms with van der Waals surface area (Å²) in [4.78, 5) is 12.5. The third-order valence-electron chi connectivity index (χ3n) is 4.62.